The van der Waals surface area contributed by atoms with Gasteiger partial charge < -0.3 is 25.7 Å². The lowest BCUT2D eigenvalue weighted by Gasteiger charge is -2.27. The van der Waals surface area contributed by atoms with Crippen LogP contribution in [-0.4, -0.2) is 57.3 Å². The van der Waals surface area contributed by atoms with Gasteiger partial charge in [-0.25, -0.2) is 0 Å². The minimum atomic E-state index is -1.25. The fraction of sp³-hybridized carbons (Fsp3) is 0.967. The Hall–Kier alpha value is -0.690. The van der Waals surface area contributed by atoms with Crippen LogP contribution in [0.15, 0.2) is 0 Å². The Balaban J connectivity index is 3.89. The van der Waals surface area contributed by atoms with E-state index in [1.807, 2.05) is 0 Å². The summed E-state index contributed by atoms with van der Waals surface area (Å²) in [6, 6.07) is -0.974. The smallest absolute Gasteiger partial charge is 0.249 e. The molecular formula is C30H61NO5. The highest BCUT2D eigenvalue weighted by Gasteiger charge is 2.28. The number of nitrogens with one attached hydrogen (secondary N) is 1. The fourth-order valence-corrected chi connectivity index (χ4v) is 4.75. The average Bonchev–Trinajstić information content (AvgIpc) is 2.88. The van der Waals surface area contributed by atoms with Gasteiger partial charge in [-0.1, -0.05) is 142 Å². The maximum Gasteiger partial charge on any atom is 0.249 e. The maximum absolute atomic E-state index is 12.3. The Labute approximate surface area is 222 Å². The molecule has 0 heterocycles. The van der Waals surface area contributed by atoms with E-state index in [2.05, 4.69) is 19.2 Å². The molecule has 0 aromatic carbocycles. The highest BCUT2D eigenvalue weighted by Crippen LogP contribution is 2.15. The van der Waals surface area contributed by atoms with Crippen LogP contribution in [0.25, 0.3) is 0 Å². The summed E-state index contributed by atoms with van der Waals surface area (Å²) in [7, 11) is 0. The quantitative estimate of drug-likeness (QED) is 0.0841. The van der Waals surface area contributed by atoms with Crippen molar-refractivity contribution in [2.45, 2.75) is 179 Å². The van der Waals surface area contributed by atoms with Crippen LogP contribution >= 0.6 is 0 Å². The number of hydrogen-bond donors (Lipinski definition) is 5. The molecule has 0 radical (unpaired) electrons. The third kappa shape index (κ3) is 20.4. The summed E-state index contributed by atoms with van der Waals surface area (Å²) < 4.78 is 0. The summed E-state index contributed by atoms with van der Waals surface area (Å²) in [4.78, 5) is 12.3. The minimum absolute atomic E-state index is 0.371. The van der Waals surface area contributed by atoms with Gasteiger partial charge in [0.25, 0.3) is 0 Å². The van der Waals surface area contributed by atoms with E-state index in [0.29, 0.717) is 12.8 Å². The molecule has 0 rings (SSSR count). The molecule has 0 aliphatic heterocycles. The van der Waals surface area contributed by atoms with Gasteiger partial charge in [-0.3, -0.25) is 4.79 Å². The topological polar surface area (TPSA) is 110 Å². The van der Waals surface area contributed by atoms with Crippen molar-refractivity contribution in [1.82, 2.24) is 5.32 Å². The van der Waals surface area contributed by atoms with Gasteiger partial charge in [-0.05, 0) is 12.8 Å². The van der Waals surface area contributed by atoms with E-state index in [4.69, 9.17) is 0 Å². The normalized spacial score (nSPS) is 14.9. The van der Waals surface area contributed by atoms with Gasteiger partial charge >= 0.3 is 0 Å². The number of carbonyl (C=O) groups is 1. The lowest BCUT2D eigenvalue weighted by atomic mass is 9.99. The molecule has 0 aromatic heterocycles. The second-order valence-electron chi connectivity index (χ2n) is 10.8. The van der Waals surface area contributed by atoms with Crippen LogP contribution in [0.1, 0.15) is 155 Å². The Bertz CT molecular complexity index is 476. The summed E-state index contributed by atoms with van der Waals surface area (Å²) in [6.07, 6.45) is 21.3. The number of aliphatic hydroxyl groups excluding tert-OH is 4. The number of unbranched alkanes of at least 4 members (excludes halogenated alkanes) is 18. The van der Waals surface area contributed by atoms with Gasteiger partial charge in [-0.2, -0.15) is 0 Å². The number of carbonyl (C=O) groups excluding carboxylic acids is 1. The van der Waals surface area contributed by atoms with Crippen LogP contribution in [0.3, 0.4) is 0 Å². The molecule has 0 spiro atoms. The van der Waals surface area contributed by atoms with Gasteiger partial charge in [0.05, 0.1) is 18.8 Å². The van der Waals surface area contributed by atoms with E-state index in [0.717, 1.165) is 38.5 Å². The zero-order valence-corrected chi connectivity index (χ0v) is 23.8. The molecule has 0 aliphatic rings. The van der Waals surface area contributed by atoms with Gasteiger partial charge in [-0.15, -0.1) is 0 Å². The van der Waals surface area contributed by atoms with E-state index in [1.165, 1.54) is 89.9 Å². The Kier molecular flexibility index (Phi) is 25.4. The fourth-order valence-electron chi connectivity index (χ4n) is 4.75. The first-order chi connectivity index (χ1) is 17.5. The van der Waals surface area contributed by atoms with Crippen molar-refractivity contribution in [2.24, 2.45) is 0 Å². The highest BCUT2D eigenvalue weighted by molar-refractivity contribution is 5.80. The van der Waals surface area contributed by atoms with Crippen molar-refractivity contribution in [3.05, 3.63) is 0 Å². The molecule has 36 heavy (non-hydrogen) atoms. The van der Waals surface area contributed by atoms with Crippen LogP contribution in [0, 0.1) is 0 Å². The van der Waals surface area contributed by atoms with Crippen LogP contribution < -0.4 is 5.32 Å². The molecule has 0 aromatic rings. The molecule has 4 atom stereocenters. The summed E-state index contributed by atoms with van der Waals surface area (Å²) in [5.74, 6) is -0.589. The second kappa shape index (κ2) is 25.9. The van der Waals surface area contributed by atoms with Crippen LogP contribution in [-0.2, 0) is 4.79 Å². The molecule has 0 aliphatic carbocycles. The third-order valence-corrected chi connectivity index (χ3v) is 7.32. The Morgan fingerprint density at radius 1 is 0.583 bits per heavy atom. The first-order valence-corrected chi connectivity index (χ1v) is 15.4. The molecule has 216 valence electrons. The van der Waals surface area contributed by atoms with E-state index < -0.39 is 36.9 Å². The largest absolute Gasteiger partial charge is 0.394 e. The van der Waals surface area contributed by atoms with E-state index >= 15 is 0 Å². The van der Waals surface area contributed by atoms with Crippen molar-refractivity contribution in [1.29, 1.82) is 0 Å². The first-order valence-electron chi connectivity index (χ1n) is 15.4. The minimum Gasteiger partial charge on any atom is -0.394 e. The van der Waals surface area contributed by atoms with Gasteiger partial charge in [0.1, 0.15) is 12.2 Å². The molecule has 6 nitrogen and oxygen atoms in total. The molecule has 1 amide bonds. The predicted octanol–water partition coefficient (Wildman–Crippen LogP) is 6.17. The van der Waals surface area contributed by atoms with E-state index in [-0.39, 0.29) is 0 Å². The number of rotatable bonds is 27. The summed E-state index contributed by atoms with van der Waals surface area (Å²) in [5, 5.41) is 43.0. The van der Waals surface area contributed by atoms with E-state index in [9.17, 15) is 25.2 Å². The molecule has 5 N–H and O–H groups in total. The van der Waals surface area contributed by atoms with Gasteiger partial charge in [0.15, 0.2) is 0 Å². The number of aliphatic hydroxyl groups is 4. The van der Waals surface area contributed by atoms with Crippen molar-refractivity contribution in [3.63, 3.8) is 0 Å². The molecule has 0 saturated carbocycles. The number of hydrogen-bond acceptors (Lipinski definition) is 5. The van der Waals surface area contributed by atoms with E-state index in [1.54, 1.807) is 0 Å². The molecule has 6 heteroatoms. The van der Waals surface area contributed by atoms with Crippen molar-refractivity contribution in [3.8, 4) is 0 Å². The Morgan fingerprint density at radius 2 is 0.944 bits per heavy atom. The first kappa shape index (κ1) is 35.3. The van der Waals surface area contributed by atoms with Crippen LogP contribution in [0.5, 0.6) is 0 Å². The zero-order chi connectivity index (χ0) is 26.9. The monoisotopic (exact) mass is 515 g/mol. The third-order valence-electron chi connectivity index (χ3n) is 7.32. The van der Waals surface area contributed by atoms with Gasteiger partial charge in [0.2, 0.25) is 5.91 Å². The van der Waals surface area contributed by atoms with Crippen molar-refractivity contribution in [2.75, 3.05) is 6.61 Å². The Morgan fingerprint density at radius 3 is 1.33 bits per heavy atom. The maximum atomic E-state index is 12.3. The molecular weight excluding hydrogens is 454 g/mol. The zero-order valence-electron chi connectivity index (χ0n) is 23.8. The second-order valence-corrected chi connectivity index (χ2v) is 10.8. The number of amides is 1. The summed E-state index contributed by atoms with van der Waals surface area (Å²) >= 11 is 0. The SMILES string of the molecule is CCCCCCCCCCCCCC[C@@H](O)[C@@H](O)[C@H](CO)NC(=O)[C@H](O)CCCCCCCCCC. The van der Waals surface area contributed by atoms with Crippen LogP contribution in [0.2, 0.25) is 0 Å². The summed E-state index contributed by atoms with van der Waals surface area (Å²) in [5.41, 5.74) is 0. The average molecular weight is 516 g/mol. The molecule has 0 unspecified atom stereocenters. The lowest BCUT2D eigenvalue weighted by molar-refractivity contribution is -0.132. The van der Waals surface area contributed by atoms with Gasteiger partial charge in [0, 0.05) is 0 Å². The molecule has 0 fully saturated rings. The highest BCUT2D eigenvalue weighted by atomic mass is 16.3. The van der Waals surface area contributed by atoms with Crippen molar-refractivity contribution >= 4 is 5.91 Å². The van der Waals surface area contributed by atoms with Crippen molar-refractivity contribution < 1.29 is 25.2 Å². The predicted molar refractivity (Wildman–Crippen MR) is 150 cm³/mol. The summed E-state index contributed by atoms with van der Waals surface area (Å²) in [6.45, 7) is 3.97. The molecule has 0 bridgehead atoms. The molecule has 0 saturated heterocycles. The van der Waals surface area contributed by atoms with Crippen LogP contribution in [0.4, 0.5) is 0 Å². The lowest BCUT2D eigenvalue weighted by Crippen LogP contribution is -2.53. The standard InChI is InChI=1S/C30H61NO5/c1-3-5-7-9-11-13-14-15-16-18-19-21-23-27(33)29(35)26(25-32)31-30(36)28(34)24-22-20-17-12-10-8-6-4-2/h26-29,32-35H,3-25H2,1-2H3,(H,31,36)/t26-,27+,28+,29-/m0/s1.